The van der Waals surface area contributed by atoms with E-state index in [9.17, 15) is 4.39 Å². The van der Waals surface area contributed by atoms with Crippen molar-refractivity contribution >= 4 is 5.69 Å². The molecule has 1 aliphatic rings. The van der Waals surface area contributed by atoms with Crippen LogP contribution in [-0.4, -0.2) is 31.6 Å². The molecule has 0 aromatic heterocycles. The highest BCUT2D eigenvalue weighted by molar-refractivity contribution is 5.45. The van der Waals surface area contributed by atoms with Gasteiger partial charge in [-0.05, 0) is 73.8 Å². The number of piperidine rings is 1. The van der Waals surface area contributed by atoms with Gasteiger partial charge in [-0.3, -0.25) is 4.90 Å². The van der Waals surface area contributed by atoms with Crippen LogP contribution in [-0.2, 0) is 0 Å². The molecule has 4 nitrogen and oxygen atoms in total. The first-order valence-electron chi connectivity index (χ1n) is 8.97. The molecule has 0 bridgehead atoms. The average molecular weight is 355 g/mol. The van der Waals surface area contributed by atoms with Gasteiger partial charge >= 0.3 is 0 Å². The van der Waals surface area contributed by atoms with Crippen LogP contribution in [0.5, 0.6) is 5.75 Å². The Kier molecular flexibility index (Phi) is 6.12. The van der Waals surface area contributed by atoms with Gasteiger partial charge in [-0.25, -0.2) is 4.39 Å². The highest BCUT2D eigenvalue weighted by Gasteiger charge is 2.21. The Morgan fingerprint density at radius 1 is 1.23 bits per heavy atom. The molecule has 5 heteroatoms. The highest BCUT2D eigenvalue weighted by Crippen LogP contribution is 2.30. The lowest BCUT2D eigenvalue weighted by molar-refractivity contribution is 0.227. The van der Waals surface area contributed by atoms with Crippen LogP contribution in [0.4, 0.5) is 10.1 Å². The topological polar surface area (TPSA) is 50.5 Å². The summed E-state index contributed by atoms with van der Waals surface area (Å²) in [6.45, 7) is 2.78. The smallest absolute Gasteiger partial charge is 0.123 e. The van der Waals surface area contributed by atoms with E-state index in [2.05, 4.69) is 28.4 Å². The number of methoxy groups -OCH3 is 1. The van der Waals surface area contributed by atoms with Crippen LogP contribution in [0.25, 0.3) is 0 Å². The van der Waals surface area contributed by atoms with E-state index in [1.807, 2.05) is 6.07 Å². The number of hydrogen-bond acceptors (Lipinski definition) is 4. The molecular weight excluding hydrogens is 329 g/mol. The zero-order valence-corrected chi connectivity index (χ0v) is 15.1. The van der Waals surface area contributed by atoms with Gasteiger partial charge in [0.15, 0.2) is 0 Å². The van der Waals surface area contributed by atoms with Crippen molar-refractivity contribution in [3.63, 3.8) is 0 Å². The van der Waals surface area contributed by atoms with Crippen molar-refractivity contribution in [2.75, 3.05) is 32.1 Å². The summed E-state index contributed by atoms with van der Waals surface area (Å²) < 4.78 is 18.2. The van der Waals surface area contributed by atoms with Crippen LogP contribution in [0.2, 0.25) is 0 Å². The van der Waals surface area contributed by atoms with E-state index in [0.717, 1.165) is 49.6 Å². The first kappa shape index (κ1) is 18.3. The SMILES string of the molecule is COc1cccc(C2CCN(C/C(N)=C/Nc3ccc(F)cc3)CC2)c1. The fourth-order valence-electron chi connectivity index (χ4n) is 3.35. The number of rotatable bonds is 6. The monoisotopic (exact) mass is 355 g/mol. The second kappa shape index (κ2) is 8.72. The van der Waals surface area contributed by atoms with E-state index in [4.69, 9.17) is 10.5 Å². The fourth-order valence-corrected chi connectivity index (χ4v) is 3.35. The Morgan fingerprint density at radius 2 is 1.96 bits per heavy atom. The highest BCUT2D eigenvalue weighted by atomic mass is 19.1. The molecule has 0 radical (unpaired) electrons. The summed E-state index contributed by atoms with van der Waals surface area (Å²) in [5.41, 5.74) is 9.08. The molecule has 26 heavy (non-hydrogen) atoms. The summed E-state index contributed by atoms with van der Waals surface area (Å²) in [7, 11) is 1.71. The largest absolute Gasteiger partial charge is 0.497 e. The lowest BCUT2D eigenvalue weighted by atomic mass is 9.89. The van der Waals surface area contributed by atoms with Gasteiger partial charge in [0.1, 0.15) is 11.6 Å². The fraction of sp³-hybridized carbons (Fsp3) is 0.333. The van der Waals surface area contributed by atoms with Crippen LogP contribution in [0, 0.1) is 5.82 Å². The van der Waals surface area contributed by atoms with Gasteiger partial charge in [0.25, 0.3) is 0 Å². The molecule has 2 aromatic carbocycles. The number of nitrogens with one attached hydrogen (secondary N) is 1. The quantitative estimate of drug-likeness (QED) is 0.824. The Bertz CT molecular complexity index is 737. The second-order valence-electron chi connectivity index (χ2n) is 6.70. The molecule has 1 saturated heterocycles. The Morgan fingerprint density at radius 3 is 2.65 bits per heavy atom. The van der Waals surface area contributed by atoms with E-state index in [1.165, 1.54) is 17.7 Å². The minimum Gasteiger partial charge on any atom is -0.497 e. The van der Waals surface area contributed by atoms with Gasteiger partial charge in [0.2, 0.25) is 0 Å². The summed E-state index contributed by atoms with van der Waals surface area (Å²) in [6, 6.07) is 14.6. The number of benzene rings is 2. The normalized spacial score (nSPS) is 16.5. The third kappa shape index (κ3) is 4.99. The molecule has 3 N–H and O–H groups in total. The molecule has 0 spiro atoms. The van der Waals surface area contributed by atoms with Gasteiger partial charge in [-0.15, -0.1) is 0 Å². The number of likely N-dealkylation sites (tertiary alicyclic amines) is 1. The Labute approximate surface area is 154 Å². The molecule has 0 atom stereocenters. The van der Waals surface area contributed by atoms with Crippen LogP contribution < -0.4 is 15.8 Å². The molecule has 3 rings (SSSR count). The summed E-state index contributed by atoms with van der Waals surface area (Å²) >= 11 is 0. The van der Waals surface area contributed by atoms with Crippen molar-refractivity contribution in [3.8, 4) is 5.75 Å². The van der Waals surface area contributed by atoms with Crippen LogP contribution in [0.15, 0.2) is 60.4 Å². The number of nitrogens with two attached hydrogens (primary N) is 1. The zero-order chi connectivity index (χ0) is 18.4. The van der Waals surface area contributed by atoms with Crippen molar-refractivity contribution in [2.45, 2.75) is 18.8 Å². The first-order valence-corrected chi connectivity index (χ1v) is 8.97. The minimum atomic E-state index is -0.244. The molecule has 0 unspecified atom stereocenters. The molecule has 0 amide bonds. The van der Waals surface area contributed by atoms with Crippen LogP contribution >= 0.6 is 0 Å². The third-order valence-electron chi connectivity index (χ3n) is 4.83. The lowest BCUT2D eigenvalue weighted by Crippen LogP contribution is -2.35. The van der Waals surface area contributed by atoms with E-state index in [-0.39, 0.29) is 5.82 Å². The molecule has 2 aromatic rings. The summed E-state index contributed by atoms with van der Waals surface area (Å²) in [5.74, 6) is 1.25. The van der Waals surface area contributed by atoms with Crippen molar-refractivity contribution < 1.29 is 9.13 Å². The number of halogens is 1. The van der Waals surface area contributed by atoms with Gasteiger partial charge < -0.3 is 15.8 Å². The van der Waals surface area contributed by atoms with Gasteiger partial charge in [0, 0.05) is 24.1 Å². The molecule has 0 saturated carbocycles. The summed E-state index contributed by atoms with van der Waals surface area (Å²) in [4.78, 5) is 2.37. The molecule has 1 aliphatic heterocycles. The maximum Gasteiger partial charge on any atom is 0.123 e. The van der Waals surface area contributed by atoms with E-state index in [1.54, 1.807) is 25.4 Å². The number of ether oxygens (including phenoxy) is 1. The van der Waals surface area contributed by atoms with E-state index in [0.29, 0.717) is 5.92 Å². The lowest BCUT2D eigenvalue weighted by Gasteiger charge is -2.32. The molecule has 0 aliphatic carbocycles. The summed E-state index contributed by atoms with van der Waals surface area (Å²) in [6.07, 6.45) is 4.03. The van der Waals surface area contributed by atoms with Gasteiger partial charge in [-0.1, -0.05) is 12.1 Å². The predicted molar refractivity (Wildman–Crippen MR) is 104 cm³/mol. The molecular formula is C21H26FN3O. The van der Waals surface area contributed by atoms with Crippen molar-refractivity contribution in [3.05, 3.63) is 71.8 Å². The Hall–Kier alpha value is -2.53. The second-order valence-corrected chi connectivity index (χ2v) is 6.70. The maximum absolute atomic E-state index is 12.9. The minimum absolute atomic E-state index is 0.244. The van der Waals surface area contributed by atoms with Crippen LogP contribution in [0.3, 0.4) is 0 Å². The molecule has 138 valence electrons. The number of nitrogens with zero attached hydrogens (tertiary/aromatic N) is 1. The Balaban J connectivity index is 1.48. The van der Waals surface area contributed by atoms with Gasteiger partial charge in [-0.2, -0.15) is 0 Å². The number of hydrogen-bond donors (Lipinski definition) is 2. The van der Waals surface area contributed by atoms with Gasteiger partial charge in [0.05, 0.1) is 7.11 Å². The maximum atomic E-state index is 12.9. The molecule has 1 fully saturated rings. The third-order valence-corrected chi connectivity index (χ3v) is 4.83. The molecule has 1 heterocycles. The average Bonchev–Trinajstić information content (AvgIpc) is 2.68. The van der Waals surface area contributed by atoms with Crippen molar-refractivity contribution in [1.29, 1.82) is 0 Å². The standard InChI is InChI=1S/C21H26FN3O/c1-26-21-4-2-3-17(13-21)16-9-11-25(12-10-16)15-19(23)14-24-20-7-5-18(22)6-8-20/h2-8,13-14,16,24H,9-12,15,23H2,1H3/b19-14-. The van der Waals surface area contributed by atoms with E-state index < -0.39 is 0 Å². The summed E-state index contributed by atoms with van der Waals surface area (Å²) in [5, 5.41) is 3.11. The first-order chi connectivity index (χ1) is 12.6. The predicted octanol–water partition coefficient (Wildman–Crippen LogP) is 3.93. The van der Waals surface area contributed by atoms with Crippen molar-refractivity contribution in [2.24, 2.45) is 5.73 Å². The van der Waals surface area contributed by atoms with Crippen molar-refractivity contribution in [1.82, 2.24) is 4.90 Å². The zero-order valence-electron chi connectivity index (χ0n) is 15.1. The van der Waals surface area contributed by atoms with E-state index >= 15 is 0 Å². The number of anilines is 1. The van der Waals surface area contributed by atoms with Crippen LogP contribution in [0.1, 0.15) is 24.3 Å².